The van der Waals surface area contributed by atoms with Gasteiger partial charge >= 0.3 is 0 Å². The quantitative estimate of drug-likeness (QED) is 0.862. The van der Waals surface area contributed by atoms with Crippen molar-refractivity contribution in [1.29, 1.82) is 5.26 Å². The summed E-state index contributed by atoms with van der Waals surface area (Å²) in [5, 5.41) is 21.0. The van der Waals surface area contributed by atoms with E-state index < -0.39 is 11.2 Å². The number of ether oxygens (including phenoxy) is 2. The summed E-state index contributed by atoms with van der Waals surface area (Å²) in [4.78, 5) is 0. The summed E-state index contributed by atoms with van der Waals surface area (Å²) in [7, 11) is 1.61. The summed E-state index contributed by atoms with van der Waals surface area (Å²) in [6.45, 7) is 1.96. The maximum Gasteiger partial charge on any atom is 0.188 e. The molecule has 1 fully saturated rings. The van der Waals surface area contributed by atoms with Gasteiger partial charge < -0.3 is 14.6 Å². The Balaban J connectivity index is 2.21. The Hall–Kier alpha value is -1.57. The predicted octanol–water partition coefficient (Wildman–Crippen LogP) is 2.68. The summed E-state index contributed by atoms with van der Waals surface area (Å²) < 4.78 is 11.2. The standard InChI is InChI=1S/C17H21NO3/c1-12-7-9-16(11-18)15-10-14(20-2)6-5-13(15)4-3-8-17(16,19)21-12/h5-6,10,12,19H,3-4,7-9H2,1-2H3. The van der Waals surface area contributed by atoms with Crippen LogP contribution in [0.15, 0.2) is 18.2 Å². The minimum absolute atomic E-state index is 0.0244. The van der Waals surface area contributed by atoms with Gasteiger partial charge in [-0.1, -0.05) is 6.07 Å². The molecule has 112 valence electrons. The average Bonchev–Trinajstić information content (AvgIpc) is 2.60. The number of aliphatic hydroxyl groups is 1. The maximum absolute atomic E-state index is 11.1. The number of aryl methyl sites for hydroxylation is 1. The number of nitrogens with zero attached hydrogens (tertiary/aromatic N) is 1. The fourth-order valence-electron chi connectivity index (χ4n) is 3.74. The van der Waals surface area contributed by atoms with Crippen molar-refractivity contribution in [3.8, 4) is 11.8 Å². The van der Waals surface area contributed by atoms with Crippen molar-refractivity contribution in [3.63, 3.8) is 0 Å². The lowest BCUT2D eigenvalue weighted by atomic mass is 9.68. The maximum atomic E-state index is 11.1. The van der Waals surface area contributed by atoms with E-state index in [-0.39, 0.29) is 6.10 Å². The van der Waals surface area contributed by atoms with E-state index in [1.165, 1.54) is 0 Å². The number of fused-ring (bicyclic) bond motifs is 3. The fraction of sp³-hybridized carbons (Fsp3) is 0.588. The molecule has 0 aromatic heterocycles. The summed E-state index contributed by atoms with van der Waals surface area (Å²) in [5.41, 5.74) is 0.988. The molecule has 1 aliphatic heterocycles. The van der Waals surface area contributed by atoms with E-state index in [1.807, 2.05) is 25.1 Å². The van der Waals surface area contributed by atoms with Crippen LogP contribution in [-0.2, 0) is 16.6 Å². The zero-order valence-corrected chi connectivity index (χ0v) is 12.6. The molecule has 0 saturated carbocycles. The topological polar surface area (TPSA) is 62.5 Å². The lowest BCUT2D eigenvalue weighted by molar-refractivity contribution is -0.281. The minimum Gasteiger partial charge on any atom is -0.497 e. The zero-order chi connectivity index (χ0) is 15.1. The third-order valence-corrected chi connectivity index (χ3v) is 4.92. The Morgan fingerprint density at radius 1 is 1.43 bits per heavy atom. The second-order valence-electron chi connectivity index (χ2n) is 6.15. The summed E-state index contributed by atoms with van der Waals surface area (Å²) in [6.07, 6.45) is 3.51. The van der Waals surface area contributed by atoms with Gasteiger partial charge in [0.25, 0.3) is 0 Å². The molecular weight excluding hydrogens is 266 g/mol. The Bertz CT molecular complexity index is 594. The SMILES string of the molecule is COc1ccc2c(c1)C1(C#N)CCC(C)OC1(O)CCC2. The van der Waals surface area contributed by atoms with E-state index in [9.17, 15) is 10.4 Å². The van der Waals surface area contributed by atoms with Gasteiger partial charge in [-0.3, -0.25) is 0 Å². The smallest absolute Gasteiger partial charge is 0.188 e. The Morgan fingerprint density at radius 3 is 2.95 bits per heavy atom. The first kappa shape index (κ1) is 14.4. The zero-order valence-electron chi connectivity index (χ0n) is 12.6. The Labute approximate surface area is 125 Å². The largest absolute Gasteiger partial charge is 0.497 e. The van der Waals surface area contributed by atoms with Gasteiger partial charge in [0.15, 0.2) is 5.79 Å². The number of nitriles is 1. The summed E-state index contributed by atoms with van der Waals surface area (Å²) >= 11 is 0. The normalized spacial score (nSPS) is 35.0. The third kappa shape index (κ3) is 2.04. The van der Waals surface area contributed by atoms with Crippen molar-refractivity contribution >= 4 is 0 Å². The van der Waals surface area contributed by atoms with E-state index >= 15 is 0 Å². The van der Waals surface area contributed by atoms with Crippen LogP contribution in [0, 0.1) is 11.3 Å². The van der Waals surface area contributed by atoms with Gasteiger partial charge in [0, 0.05) is 6.42 Å². The highest BCUT2D eigenvalue weighted by atomic mass is 16.6. The molecule has 21 heavy (non-hydrogen) atoms. The van der Waals surface area contributed by atoms with Crippen molar-refractivity contribution in [1.82, 2.24) is 0 Å². The Kier molecular flexibility index (Phi) is 3.43. The van der Waals surface area contributed by atoms with Gasteiger partial charge in [0.05, 0.1) is 19.3 Å². The van der Waals surface area contributed by atoms with Crippen molar-refractivity contribution in [3.05, 3.63) is 29.3 Å². The second-order valence-corrected chi connectivity index (χ2v) is 6.15. The lowest BCUT2D eigenvalue weighted by Gasteiger charge is -2.47. The van der Waals surface area contributed by atoms with Gasteiger partial charge in [-0.15, -0.1) is 0 Å². The molecule has 3 unspecified atom stereocenters. The molecule has 1 aliphatic carbocycles. The van der Waals surface area contributed by atoms with Crippen LogP contribution in [0.2, 0.25) is 0 Å². The highest BCUT2D eigenvalue weighted by Crippen LogP contribution is 2.51. The molecule has 3 rings (SSSR count). The number of hydrogen-bond donors (Lipinski definition) is 1. The minimum atomic E-state index is -1.41. The van der Waals surface area contributed by atoms with E-state index in [4.69, 9.17) is 9.47 Å². The van der Waals surface area contributed by atoms with Crippen LogP contribution in [0.3, 0.4) is 0 Å². The molecule has 4 heteroatoms. The van der Waals surface area contributed by atoms with Crippen LogP contribution in [0.5, 0.6) is 5.75 Å². The van der Waals surface area contributed by atoms with Crippen molar-refractivity contribution in [2.75, 3.05) is 7.11 Å². The van der Waals surface area contributed by atoms with Crippen LogP contribution < -0.4 is 4.74 Å². The van der Waals surface area contributed by atoms with E-state index in [2.05, 4.69) is 6.07 Å². The fourth-order valence-corrected chi connectivity index (χ4v) is 3.74. The van der Waals surface area contributed by atoms with Crippen LogP contribution >= 0.6 is 0 Å². The van der Waals surface area contributed by atoms with Crippen molar-refractivity contribution in [2.24, 2.45) is 0 Å². The molecule has 0 radical (unpaired) electrons. The van der Waals surface area contributed by atoms with E-state index in [0.29, 0.717) is 18.6 Å². The molecular formula is C17H21NO3. The van der Waals surface area contributed by atoms with E-state index in [0.717, 1.165) is 30.4 Å². The summed E-state index contributed by atoms with van der Waals surface area (Å²) in [5.74, 6) is -0.692. The highest BCUT2D eigenvalue weighted by molar-refractivity contribution is 5.47. The van der Waals surface area contributed by atoms with Crippen LogP contribution in [0.1, 0.15) is 43.7 Å². The first-order valence-electron chi connectivity index (χ1n) is 7.53. The number of benzene rings is 1. The van der Waals surface area contributed by atoms with Gasteiger partial charge in [0.2, 0.25) is 0 Å². The molecule has 1 aromatic rings. The number of methoxy groups -OCH3 is 1. The van der Waals surface area contributed by atoms with Crippen molar-refractivity contribution in [2.45, 2.75) is 56.3 Å². The van der Waals surface area contributed by atoms with Crippen LogP contribution in [0.25, 0.3) is 0 Å². The number of rotatable bonds is 1. The molecule has 4 nitrogen and oxygen atoms in total. The third-order valence-electron chi connectivity index (χ3n) is 4.92. The molecule has 1 saturated heterocycles. The average molecular weight is 287 g/mol. The lowest BCUT2D eigenvalue weighted by Crippen LogP contribution is -2.57. The predicted molar refractivity (Wildman–Crippen MR) is 78.0 cm³/mol. The molecule has 1 heterocycles. The van der Waals surface area contributed by atoms with E-state index in [1.54, 1.807) is 7.11 Å². The first-order valence-corrected chi connectivity index (χ1v) is 7.53. The number of hydrogen-bond acceptors (Lipinski definition) is 4. The molecule has 0 bridgehead atoms. The molecule has 1 N–H and O–H groups in total. The molecule has 1 aromatic carbocycles. The van der Waals surface area contributed by atoms with Crippen LogP contribution in [-0.4, -0.2) is 24.1 Å². The molecule has 0 amide bonds. The van der Waals surface area contributed by atoms with Gasteiger partial charge in [-0.2, -0.15) is 5.26 Å². The molecule has 3 atom stereocenters. The first-order chi connectivity index (χ1) is 10.0. The molecule has 0 spiro atoms. The van der Waals surface area contributed by atoms with Gasteiger partial charge in [-0.05, 0) is 55.9 Å². The Morgan fingerprint density at radius 2 is 2.24 bits per heavy atom. The molecule has 2 aliphatic rings. The second kappa shape index (κ2) is 5.01. The highest BCUT2D eigenvalue weighted by Gasteiger charge is 2.58. The van der Waals surface area contributed by atoms with Gasteiger partial charge in [0.1, 0.15) is 11.2 Å². The summed E-state index contributed by atoms with van der Waals surface area (Å²) in [6, 6.07) is 8.22. The van der Waals surface area contributed by atoms with Crippen LogP contribution in [0.4, 0.5) is 0 Å². The van der Waals surface area contributed by atoms with Gasteiger partial charge in [-0.25, -0.2) is 0 Å². The monoisotopic (exact) mass is 287 g/mol. The van der Waals surface area contributed by atoms with Crippen molar-refractivity contribution < 1.29 is 14.6 Å².